The first-order valence-corrected chi connectivity index (χ1v) is 8.42. The van der Waals surface area contributed by atoms with Crippen LogP contribution in [0.5, 0.6) is 0 Å². The summed E-state index contributed by atoms with van der Waals surface area (Å²) >= 11 is 0. The van der Waals surface area contributed by atoms with Crippen LogP contribution in [0.4, 0.5) is 28.8 Å². The molecule has 6 nitrogen and oxygen atoms in total. The number of nitrogens with one attached hydrogen (secondary N) is 2. The van der Waals surface area contributed by atoms with E-state index in [1.54, 1.807) is 6.20 Å². The first kappa shape index (κ1) is 16.7. The van der Waals surface area contributed by atoms with Gasteiger partial charge < -0.3 is 15.5 Å². The van der Waals surface area contributed by atoms with Crippen LogP contribution >= 0.6 is 0 Å². The zero-order chi connectivity index (χ0) is 17.5. The molecule has 0 atom stereocenters. The van der Waals surface area contributed by atoms with E-state index in [9.17, 15) is 0 Å². The molecule has 1 heterocycles. The Morgan fingerprint density at radius 2 is 1.52 bits per heavy atom. The zero-order valence-electron chi connectivity index (χ0n) is 14.5. The quantitative estimate of drug-likeness (QED) is 0.675. The molecule has 0 radical (unpaired) electrons. The number of anilines is 5. The lowest BCUT2D eigenvalue weighted by Gasteiger charge is -2.21. The number of benzene rings is 2. The maximum atomic E-state index is 4.45. The largest absolute Gasteiger partial charge is 0.372 e. The number of nitrogens with zero attached hydrogens (tertiary/aromatic N) is 4. The molecular formula is C19H22N6. The molecule has 0 saturated heterocycles. The van der Waals surface area contributed by atoms with E-state index in [1.807, 2.05) is 42.5 Å². The predicted octanol–water partition coefficient (Wildman–Crippen LogP) is 4.21. The average Bonchev–Trinajstić information content (AvgIpc) is 2.65. The summed E-state index contributed by atoms with van der Waals surface area (Å²) in [4.78, 5) is 6.75. The molecule has 128 valence electrons. The Morgan fingerprint density at radius 1 is 0.840 bits per heavy atom. The standard InChI is InChI=1S/C19H22N6/c1-3-25(4-2)17-12-10-16(11-13-17)21-18-14-20-24-19(23-18)22-15-8-6-5-7-9-15/h5-14H,3-4H2,1-2H3,(H2,21,22,23,24). The Kier molecular flexibility index (Phi) is 5.41. The van der Waals surface area contributed by atoms with Gasteiger partial charge >= 0.3 is 0 Å². The average molecular weight is 334 g/mol. The van der Waals surface area contributed by atoms with Crippen LogP contribution in [-0.2, 0) is 0 Å². The number of para-hydroxylation sites is 1. The van der Waals surface area contributed by atoms with Gasteiger partial charge in [0.2, 0.25) is 5.95 Å². The highest BCUT2D eigenvalue weighted by atomic mass is 15.3. The van der Waals surface area contributed by atoms with Crippen LogP contribution in [0.3, 0.4) is 0 Å². The van der Waals surface area contributed by atoms with Crippen LogP contribution in [0.2, 0.25) is 0 Å². The van der Waals surface area contributed by atoms with Gasteiger partial charge in [-0.2, -0.15) is 10.1 Å². The van der Waals surface area contributed by atoms with Crippen molar-refractivity contribution in [3.05, 3.63) is 60.8 Å². The van der Waals surface area contributed by atoms with E-state index < -0.39 is 0 Å². The van der Waals surface area contributed by atoms with Crippen LogP contribution < -0.4 is 15.5 Å². The molecule has 0 fully saturated rings. The highest BCUT2D eigenvalue weighted by Gasteiger charge is 2.04. The maximum Gasteiger partial charge on any atom is 0.249 e. The van der Waals surface area contributed by atoms with Crippen molar-refractivity contribution in [2.45, 2.75) is 13.8 Å². The molecule has 3 rings (SSSR count). The highest BCUT2D eigenvalue weighted by Crippen LogP contribution is 2.20. The topological polar surface area (TPSA) is 66.0 Å². The lowest BCUT2D eigenvalue weighted by atomic mass is 10.2. The van der Waals surface area contributed by atoms with Gasteiger partial charge in [-0.3, -0.25) is 0 Å². The van der Waals surface area contributed by atoms with Gasteiger partial charge in [0, 0.05) is 30.2 Å². The van der Waals surface area contributed by atoms with Crippen molar-refractivity contribution in [2.24, 2.45) is 0 Å². The summed E-state index contributed by atoms with van der Waals surface area (Å²) in [5, 5.41) is 14.4. The van der Waals surface area contributed by atoms with Gasteiger partial charge in [0.05, 0.1) is 6.20 Å². The van der Waals surface area contributed by atoms with Crippen molar-refractivity contribution in [1.82, 2.24) is 15.2 Å². The molecule has 2 N–H and O–H groups in total. The zero-order valence-corrected chi connectivity index (χ0v) is 14.5. The van der Waals surface area contributed by atoms with E-state index in [-0.39, 0.29) is 0 Å². The molecule has 0 amide bonds. The molecule has 6 heteroatoms. The summed E-state index contributed by atoms with van der Waals surface area (Å²) in [7, 11) is 0. The molecule has 0 saturated carbocycles. The second-order valence-electron chi connectivity index (χ2n) is 5.50. The Balaban J connectivity index is 1.69. The smallest absolute Gasteiger partial charge is 0.249 e. The fourth-order valence-electron chi connectivity index (χ4n) is 2.56. The Labute approximate surface area is 147 Å². The summed E-state index contributed by atoms with van der Waals surface area (Å²) in [5.74, 6) is 1.10. The molecule has 0 unspecified atom stereocenters. The predicted molar refractivity (Wildman–Crippen MR) is 103 cm³/mol. The molecule has 2 aromatic carbocycles. The molecule has 0 aliphatic heterocycles. The minimum absolute atomic E-state index is 0.455. The summed E-state index contributed by atoms with van der Waals surface area (Å²) in [6, 6.07) is 18.1. The van der Waals surface area contributed by atoms with Crippen molar-refractivity contribution in [2.75, 3.05) is 28.6 Å². The summed E-state index contributed by atoms with van der Waals surface area (Å²) < 4.78 is 0. The third kappa shape index (κ3) is 4.44. The molecule has 3 aromatic rings. The van der Waals surface area contributed by atoms with E-state index in [2.05, 4.69) is 56.7 Å². The molecule has 1 aromatic heterocycles. The molecular weight excluding hydrogens is 312 g/mol. The van der Waals surface area contributed by atoms with Gasteiger partial charge in [0.15, 0.2) is 5.82 Å². The first-order chi connectivity index (χ1) is 12.3. The number of hydrogen-bond donors (Lipinski definition) is 2. The molecule has 0 spiro atoms. The van der Waals surface area contributed by atoms with Crippen LogP contribution in [0.1, 0.15) is 13.8 Å². The van der Waals surface area contributed by atoms with E-state index in [0.717, 1.165) is 24.5 Å². The monoisotopic (exact) mass is 334 g/mol. The third-order valence-electron chi connectivity index (χ3n) is 3.86. The van der Waals surface area contributed by atoms with Crippen molar-refractivity contribution < 1.29 is 0 Å². The Bertz CT molecular complexity index is 785. The van der Waals surface area contributed by atoms with Gasteiger partial charge in [-0.25, -0.2) is 0 Å². The summed E-state index contributed by atoms with van der Waals surface area (Å²) in [6.45, 7) is 6.30. The highest BCUT2D eigenvalue weighted by molar-refractivity contribution is 5.61. The van der Waals surface area contributed by atoms with Crippen molar-refractivity contribution in [3.63, 3.8) is 0 Å². The molecule has 0 aliphatic carbocycles. The Hall–Kier alpha value is -3.15. The van der Waals surface area contributed by atoms with Gasteiger partial charge in [-0.15, -0.1) is 5.10 Å². The van der Waals surface area contributed by atoms with Gasteiger partial charge in [-0.05, 0) is 50.2 Å². The van der Waals surface area contributed by atoms with Crippen molar-refractivity contribution >= 4 is 28.8 Å². The number of hydrogen-bond acceptors (Lipinski definition) is 6. The molecule has 0 bridgehead atoms. The van der Waals surface area contributed by atoms with Crippen LogP contribution in [0.25, 0.3) is 0 Å². The van der Waals surface area contributed by atoms with Gasteiger partial charge in [0.25, 0.3) is 0 Å². The van der Waals surface area contributed by atoms with E-state index in [0.29, 0.717) is 11.8 Å². The van der Waals surface area contributed by atoms with E-state index >= 15 is 0 Å². The second kappa shape index (κ2) is 8.10. The van der Waals surface area contributed by atoms with E-state index in [1.165, 1.54) is 5.69 Å². The van der Waals surface area contributed by atoms with E-state index in [4.69, 9.17) is 0 Å². The minimum atomic E-state index is 0.455. The van der Waals surface area contributed by atoms with Crippen molar-refractivity contribution in [3.8, 4) is 0 Å². The van der Waals surface area contributed by atoms with Gasteiger partial charge in [-0.1, -0.05) is 18.2 Å². The first-order valence-electron chi connectivity index (χ1n) is 8.42. The van der Waals surface area contributed by atoms with Crippen LogP contribution in [0, 0.1) is 0 Å². The van der Waals surface area contributed by atoms with Crippen LogP contribution in [-0.4, -0.2) is 28.3 Å². The van der Waals surface area contributed by atoms with Crippen molar-refractivity contribution in [1.29, 1.82) is 0 Å². The maximum absolute atomic E-state index is 4.45. The Morgan fingerprint density at radius 3 is 2.20 bits per heavy atom. The normalized spacial score (nSPS) is 10.3. The molecule has 25 heavy (non-hydrogen) atoms. The lowest BCUT2D eigenvalue weighted by Crippen LogP contribution is -2.21. The fourth-order valence-corrected chi connectivity index (χ4v) is 2.56. The SMILES string of the molecule is CCN(CC)c1ccc(Nc2cnnc(Nc3ccccc3)n2)cc1. The van der Waals surface area contributed by atoms with Gasteiger partial charge in [0.1, 0.15) is 0 Å². The number of rotatable bonds is 7. The minimum Gasteiger partial charge on any atom is -0.372 e. The third-order valence-corrected chi connectivity index (χ3v) is 3.86. The van der Waals surface area contributed by atoms with Crippen LogP contribution in [0.15, 0.2) is 60.8 Å². The lowest BCUT2D eigenvalue weighted by molar-refractivity contribution is 0.866. The second-order valence-corrected chi connectivity index (χ2v) is 5.50. The summed E-state index contributed by atoms with van der Waals surface area (Å²) in [6.07, 6.45) is 1.61. The fraction of sp³-hybridized carbons (Fsp3) is 0.211. The summed E-state index contributed by atoms with van der Waals surface area (Å²) in [5.41, 5.74) is 3.09. The number of aromatic nitrogens is 3. The molecule has 0 aliphatic rings.